The van der Waals surface area contributed by atoms with E-state index >= 15 is 0 Å². The zero-order valence-electron chi connectivity index (χ0n) is 18.9. The lowest BCUT2D eigenvalue weighted by Gasteiger charge is -2.31. The number of hydrogen-bond acceptors (Lipinski definition) is 4. The van der Waals surface area contributed by atoms with Crippen molar-refractivity contribution in [2.45, 2.75) is 52.7 Å². The van der Waals surface area contributed by atoms with Gasteiger partial charge in [0, 0.05) is 56.1 Å². The summed E-state index contributed by atoms with van der Waals surface area (Å²) in [4.78, 5) is 33.7. The van der Waals surface area contributed by atoms with Crippen LogP contribution in [0.4, 0.5) is 0 Å². The van der Waals surface area contributed by atoms with Crippen LogP contribution in [0.5, 0.6) is 0 Å². The number of aromatic nitrogens is 1. The standard InChI is InChI=1S/C25H34N4O2/c1-4-28(19(2)3)18-20-7-9-23(10-8-20)25(31)29-14-11-22(12-15-29)24(30)27-17-21-6-5-13-26-16-21/h5-10,13,16,19,22H,4,11-12,14-15,17-18H2,1-3H3,(H,27,30). The van der Waals surface area contributed by atoms with Crippen LogP contribution in [0.2, 0.25) is 0 Å². The van der Waals surface area contributed by atoms with Crippen LogP contribution in [-0.2, 0) is 17.9 Å². The highest BCUT2D eigenvalue weighted by atomic mass is 16.2. The molecule has 6 nitrogen and oxygen atoms in total. The Morgan fingerprint density at radius 3 is 2.42 bits per heavy atom. The first kappa shape index (κ1) is 22.9. The zero-order chi connectivity index (χ0) is 22.2. The van der Waals surface area contributed by atoms with E-state index in [0.29, 0.717) is 38.5 Å². The van der Waals surface area contributed by atoms with E-state index < -0.39 is 0 Å². The second-order valence-corrected chi connectivity index (χ2v) is 8.50. The summed E-state index contributed by atoms with van der Waals surface area (Å²) in [7, 11) is 0. The molecule has 1 aliphatic rings. The number of amides is 2. The maximum absolute atomic E-state index is 12.9. The number of hydrogen-bond donors (Lipinski definition) is 1. The summed E-state index contributed by atoms with van der Waals surface area (Å²) in [5, 5.41) is 2.99. The minimum absolute atomic E-state index is 0.0424. The fourth-order valence-corrected chi connectivity index (χ4v) is 4.01. The number of benzene rings is 1. The summed E-state index contributed by atoms with van der Waals surface area (Å²) in [6.07, 6.45) is 4.87. The molecule has 1 aliphatic heterocycles. The molecule has 1 saturated heterocycles. The first-order valence-electron chi connectivity index (χ1n) is 11.3. The maximum Gasteiger partial charge on any atom is 0.253 e. The van der Waals surface area contributed by atoms with E-state index in [1.54, 1.807) is 12.4 Å². The summed E-state index contributed by atoms with van der Waals surface area (Å²) in [5.41, 5.74) is 2.93. The minimum Gasteiger partial charge on any atom is -0.352 e. The second kappa shape index (κ2) is 11.0. The average molecular weight is 423 g/mol. The van der Waals surface area contributed by atoms with E-state index in [9.17, 15) is 9.59 Å². The Hall–Kier alpha value is -2.73. The van der Waals surface area contributed by atoms with Crippen molar-refractivity contribution < 1.29 is 9.59 Å². The third-order valence-electron chi connectivity index (χ3n) is 6.07. The van der Waals surface area contributed by atoms with Gasteiger partial charge in [0.2, 0.25) is 5.91 Å². The van der Waals surface area contributed by atoms with E-state index in [1.807, 2.05) is 29.2 Å². The van der Waals surface area contributed by atoms with Crippen molar-refractivity contribution in [3.8, 4) is 0 Å². The summed E-state index contributed by atoms with van der Waals surface area (Å²) >= 11 is 0. The molecule has 2 aromatic rings. The molecule has 1 fully saturated rings. The lowest BCUT2D eigenvalue weighted by Crippen LogP contribution is -2.42. The van der Waals surface area contributed by atoms with Crippen LogP contribution in [-0.4, -0.2) is 52.3 Å². The summed E-state index contributed by atoms with van der Waals surface area (Å²) in [6, 6.07) is 12.3. The second-order valence-electron chi connectivity index (χ2n) is 8.50. The molecule has 0 bridgehead atoms. The zero-order valence-corrected chi connectivity index (χ0v) is 18.9. The molecular weight excluding hydrogens is 388 g/mol. The first-order valence-corrected chi connectivity index (χ1v) is 11.3. The van der Waals surface area contributed by atoms with Crippen molar-refractivity contribution in [1.82, 2.24) is 20.1 Å². The van der Waals surface area contributed by atoms with Gasteiger partial charge < -0.3 is 10.2 Å². The van der Waals surface area contributed by atoms with E-state index in [1.165, 1.54) is 5.56 Å². The molecule has 1 N–H and O–H groups in total. The Bertz CT molecular complexity index is 844. The maximum atomic E-state index is 12.9. The number of likely N-dealkylation sites (tertiary alicyclic amines) is 1. The molecule has 3 rings (SSSR count). The van der Waals surface area contributed by atoms with Crippen LogP contribution in [0.1, 0.15) is 55.1 Å². The van der Waals surface area contributed by atoms with Gasteiger partial charge in [-0.25, -0.2) is 0 Å². The minimum atomic E-state index is -0.0424. The quantitative estimate of drug-likeness (QED) is 0.707. The summed E-state index contributed by atoms with van der Waals surface area (Å²) < 4.78 is 0. The number of nitrogens with zero attached hydrogens (tertiary/aromatic N) is 3. The molecule has 166 valence electrons. The molecule has 0 aliphatic carbocycles. The van der Waals surface area contributed by atoms with Gasteiger partial charge in [0.15, 0.2) is 0 Å². The molecule has 2 heterocycles. The Kier molecular flexibility index (Phi) is 8.18. The number of pyridine rings is 1. The van der Waals surface area contributed by atoms with Crippen molar-refractivity contribution in [2.24, 2.45) is 5.92 Å². The van der Waals surface area contributed by atoms with Crippen LogP contribution in [0, 0.1) is 5.92 Å². The van der Waals surface area contributed by atoms with Crippen molar-refractivity contribution in [3.05, 3.63) is 65.5 Å². The lowest BCUT2D eigenvalue weighted by molar-refractivity contribution is -0.126. The predicted molar refractivity (Wildman–Crippen MR) is 122 cm³/mol. The fourth-order valence-electron chi connectivity index (χ4n) is 4.01. The SMILES string of the molecule is CCN(Cc1ccc(C(=O)N2CCC(C(=O)NCc3cccnc3)CC2)cc1)C(C)C. The van der Waals surface area contributed by atoms with Gasteiger partial charge in [0.1, 0.15) is 0 Å². The first-order chi connectivity index (χ1) is 15.0. The van der Waals surface area contributed by atoms with Crippen molar-refractivity contribution in [2.75, 3.05) is 19.6 Å². The third kappa shape index (κ3) is 6.37. The highest BCUT2D eigenvalue weighted by molar-refractivity contribution is 5.94. The molecule has 0 radical (unpaired) electrons. The van der Waals surface area contributed by atoms with E-state index in [2.05, 4.69) is 48.1 Å². The van der Waals surface area contributed by atoms with E-state index in [-0.39, 0.29) is 17.7 Å². The monoisotopic (exact) mass is 422 g/mol. The molecule has 0 spiro atoms. The van der Waals surface area contributed by atoms with Crippen molar-refractivity contribution >= 4 is 11.8 Å². The number of carbonyl (C=O) groups is 2. The summed E-state index contributed by atoms with van der Waals surface area (Å²) in [5.74, 6) is 0.0714. The molecule has 6 heteroatoms. The third-order valence-corrected chi connectivity index (χ3v) is 6.07. The topological polar surface area (TPSA) is 65.5 Å². The molecule has 1 aromatic heterocycles. The van der Waals surface area contributed by atoms with Gasteiger partial charge in [-0.15, -0.1) is 0 Å². The van der Waals surface area contributed by atoms with E-state index in [0.717, 1.165) is 24.2 Å². The molecule has 2 amide bonds. The Morgan fingerprint density at radius 1 is 1.13 bits per heavy atom. The van der Waals surface area contributed by atoms with Gasteiger partial charge in [-0.2, -0.15) is 0 Å². The van der Waals surface area contributed by atoms with Crippen LogP contribution in [0.15, 0.2) is 48.8 Å². The normalized spacial score (nSPS) is 14.8. The summed E-state index contributed by atoms with van der Waals surface area (Å²) in [6.45, 7) is 10.2. The van der Waals surface area contributed by atoms with Gasteiger partial charge in [-0.3, -0.25) is 19.5 Å². The van der Waals surface area contributed by atoms with Crippen LogP contribution in [0.3, 0.4) is 0 Å². The molecule has 1 aromatic carbocycles. The Morgan fingerprint density at radius 2 is 1.84 bits per heavy atom. The number of piperidine rings is 1. The van der Waals surface area contributed by atoms with Crippen LogP contribution in [0.25, 0.3) is 0 Å². The van der Waals surface area contributed by atoms with Gasteiger partial charge in [0.25, 0.3) is 5.91 Å². The van der Waals surface area contributed by atoms with Crippen molar-refractivity contribution in [1.29, 1.82) is 0 Å². The molecule has 0 atom stereocenters. The van der Waals surface area contributed by atoms with Crippen molar-refractivity contribution in [3.63, 3.8) is 0 Å². The average Bonchev–Trinajstić information content (AvgIpc) is 2.81. The van der Waals surface area contributed by atoms with E-state index in [4.69, 9.17) is 0 Å². The molecular formula is C25H34N4O2. The number of nitrogens with one attached hydrogen (secondary N) is 1. The highest BCUT2D eigenvalue weighted by Gasteiger charge is 2.27. The Labute approximate surface area is 185 Å². The molecule has 0 saturated carbocycles. The Balaban J connectivity index is 1.47. The fraction of sp³-hybridized carbons (Fsp3) is 0.480. The largest absolute Gasteiger partial charge is 0.352 e. The molecule has 31 heavy (non-hydrogen) atoms. The highest BCUT2D eigenvalue weighted by Crippen LogP contribution is 2.20. The molecule has 0 unspecified atom stereocenters. The van der Waals surface area contributed by atoms with Gasteiger partial charge in [0.05, 0.1) is 0 Å². The van der Waals surface area contributed by atoms with Crippen LogP contribution >= 0.6 is 0 Å². The van der Waals surface area contributed by atoms with Gasteiger partial charge in [-0.1, -0.05) is 25.1 Å². The predicted octanol–water partition coefficient (Wildman–Crippen LogP) is 3.48. The lowest BCUT2D eigenvalue weighted by atomic mass is 9.95. The number of carbonyl (C=O) groups excluding carboxylic acids is 2. The van der Waals surface area contributed by atoms with Gasteiger partial charge in [-0.05, 0) is 62.6 Å². The van der Waals surface area contributed by atoms with Crippen LogP contribution < -0.4 is 5.32 Å². The number of rotatable bonds is 8. The smallest absolute Gasteiger partial charge is 0.253 e. The van der Waals surface area contributed by atoms with Gasteiger partial charge >= 0.3 is 0 Å².